The topological polar surface area (TPSA) is 131 Å². The van der Waals surface area contributed by atoms with Crippen molar-refractivity contribution in [1.82, 2.24) is 30.0 Å². The van der Waals surface area contributed by atoms with Crippen molar-refractivity contribution < 1.29 is 19.0 Å². The highest BCUT2D eigenvalue weighted by molar-refractivity contribution is 6.01. The number of carbonyl (C=O) groups excluding carboxylic acids is 1. The first kappa shape index (κ1) is 31.0. The van der Waals surface area contributed by atoms with E-state index < -0.39 is 5.82 Å². The number of aromatic amines is 2. The third-order valence-corrected chi connectivity index (χ3v) is 11.7. The summed E-state index contributed by atoms with van der Waals surface area (Å²) in [5.41, 5.74) is 1.91. The predicted molar refractivity (Wildman–Crippen MR) is 188 cm³/mol. The summed E-state index contributed by atoms with van der Waals surface area (Å²) in [6.07, 6.45) is 6.10. The van der Waals surface area contributed by atoms with Crippen molar-refractivity contribution in [2.24, 2.45) is 0 Å². The van der Waals surface area contributed by atoms with Crippen LogP contribution in [-0.2, 0) is 11.2 Å². The number of carbonyl (C=O) groups is 1. The summed E-state index contributed by atoms with van der Waals surface area (Å²) < 4.78 is 23.4. The van der Waals surface area contributed by atoms with Crippen molar-refractivity contribution in [3.63, 3.8) is 0 Å². The van der Waals surface area contributed by atoms with Crippen LogP contribution in [0.25, 0.3) is 32.8 Å². The molecule has 50 heavy (non-hydrogen) atoms. The molecule has 0 saturated carbocycles. The van der Waals surface area contributed by atoms with Crippen molar-refractivity contribution >= 4 is 33.4 Å². The van der Waals surface area contributed by atoms with Gasteiger partial charge in [0.05, 0.1) is 12.0 Å². The zero-order valence-electron chi connectivity index (χ0n) is 28.0. The molecule has 0 unspecified atom stereocenters. The fourth-order valence-electron chi connectivity index (χ4n) is 9.23. The summed E-state index contributed by atoms with van der Waals surface area (Å²) in [5, 5.41) is 18.2. The van der Waals surface area contributed by atoms with Gasteiger partial charge in [-0.15, -0.1) is 0 Å². The van der Waals surface area contributed by atoms with Gasteiger partial charge in [0.25, 0.3) is 5.56 Å². The van der Waals surface area contributed by atoms with E-state index in [0.29, 0.717) is 53.3 Å². The Morgan fingerprint density at radius 2 is 1.76 bits per heavy atom. The van der Waals surface area contributed by atoms with Crippen LogP contribution in [0, 0.1) is 12.7 Å². The van der Waals surface area contributed by atoms with Crippen LogP contribution in [0.4, 0.5) is 10.2 Å². The monoisotopic (exact) mass is 677 g/mol. The zero-order chi connectivity index (χ0) is 34.1. The van der Waals surface area contributed by atoms with E-state index >= 15 is 4.39 Å². The molecule has 1 amide bonds. The normalized spacial score (nSPS) is 21.4. The third kappa shape index (κ3) is 5.02. The van der Waals surface area contributed by atoms with Crippen LogP contribution >= 0.6 is 0 Å². The number of hydrogen-bond donors (Lipinski definition) is 3. The standard InChI is InChI=1S/C38H40FN7O4/c1-22-30(36(49)43-42-22)18-32(48)46-24-8-9-25(46)20-44(19-24)35-29-11-10-28(31-17-26(47)16-23-6-2-3-7-27(23)31)33(39)34(29)40-37(41-35)50-21-38-12-4-14-45(38)15-5-13-38/h2-3,6-7,10-11,16-17,24-25,47H,4-5,8-9,12-15,18-21H2,1H3,(H2,42,43,49)/t24-,25+. The number of nitrogens with zero attached hydrogens (tertiary/aromatic N) is 5. The fraction of sp³-hybridized carbons (Fsp3) is 0.421. The average molecular weight is 678 g/mol. The Hall–Kier alpha value is -4.97. The number of hydrogen-bond acceptors (Lipinski definition) is 8. The number of rotatable bonds is 7. The molecule has 12 heteroatoms. The molecule has 3 aromatic carbocycles. The van der Waals surface area contributed by atoms with Gasteiger partial charge in [0.2, 0.25) is 5.91 Å². The van der Waals surface area contributed by atoms with Gasteiger partial charge in [-0.3, -0.25) is 19.6 Å². The summed E-state index contributed by atoms with van der Waals surface area (Å²) in [7, 11) is 0. The summed E-state index contributed by atoms with van der Waals surface area (Å²) in [6, 6.07) is 14.5. The van der Waals surface area contributed by atoms with E-state index in [1.54, 1.807) is 25.1 Å². The molecule has 0 radical (unpaired) electrons. The molecule has 9 rings (SSSR count). The maximum Gasteiger partial charge on any atom is 0.319 e. The van der Waals surface area contributed by atoms with Gasteiger partial charge in [0.15, 0.2) is 5.82 Å². The van der Waals surface area contributed by atoms with E-state index in [9.17, 15) is 14.7 Å². The molecule has 6 heterocycles. The average Bonchev–Trinajstić information content (AvgIpc) is 3.85. The molecule has 3 N–H and O–H groups in total. The smallest absolute Gasteiger partial charge is 0.319 e. The predicted octanol–water partition coefficient (Wildman–Crippen LogP) is 5.05. The zero-order valence-corrected chi connectivity index (χ0v) is 28.0. The minimum atomic E-state index is -0.503. The minimum absolute atomic E-state index is 0.0377. The minimum Gasteiger partial charge on any atom is -0.508 e. The SMILES string of the molecule is Cc1[nH][nH]c(=O)c1CC(=O)N1[C@@H]2CC[C@H]1CN(c1nc(OCC34CCCN3CCC4)nc3c(F)c(-c4cc(O)cc5ccccc45)ccc13)C2. The van der Waals surface area contributed by atoms with Gasteiger partial charge in [-0.25, -0.2) is 4.39 Å². The van der Waals surface area contributed by atoms with Crippen LogP contribution < -0.4 is 15.2 Å². The second-order valence-electron chi connectivity index (χ2n) is 14.5. The molecule has 0 spiro atoms. The first-order valence-corrected chi connectivity index (χ1v) is 17.7. The van der Waals surface area contributed by atoms with Crippen molar-refractivity contribution in [1.29, 1.82) is 0 Å². The lowest BCUT2D eigenvalue weighted by molar-refractivity contribution is -0.133. The lowest BCUT2D eigenvalue weighted by Crippen LogP contribution is -2.56. The van der Waals surface area contributed by atoms with Crippen LogP contribution in [0.2, 0.25) is 0 Å². The van der Waals surface area contributed by atoms with E-state index in [1.807, 2.05) is 35.2 Å². The number of ether oxygens (including phenoxy) is 1. The van der Waals surface area contributed by atoms with Crippen molar-refractivity contribution in [2.75, 3.05) is 37.7 Å². The Bertz CT molecular complexity index is 2190. The number of fused-ring (bicyclic) bond motifs is 5. The number of anilines is 1. The largest absolute Gasteiger partial charge is 0.508 e. The summed E-state index contributed by atoms with van der Waals surface area (Å²) >= 11 is 0. The van der Waals surface area contributed by atoms with Crippen LogP contribution in [-0.4, -0.2) is 91.4 Å². The Balaban J connectivity index is 1.10. The molecule has 2 atom stereocenters. The summed E-state index contributed by atoms with van der Waals surface area (Å²) in [6.45, 7) is 5.40. The molecule has 11 nitrogen and oxygen atoms in total. The Labute approximate surface area is 288 Å². The first-order chi connectivity index (χ1) is 24.3. The second kappa shape index (κ2) is 11.8. The first-order valence-electron chi connectivity index (χ1n) is 17.7. The van der Waals surface area contributed by atoms with Gasteiger partial charge >= 0.3 is 6.01 Å². The quantitative estimate of drug-likeness (QED) is 0.218. The van der Waals surface area contributed by atoms with Crippen LogP contribution in [0.1, 0.15) is 49.8 Å². The Morgan fingerprint density at radius 1 is 1.00 bits per heavy atom. The molecular formula is C38H40FN7O4. The van der Waals surface area contributed by atoms with Gasteiger partial charge in [-0.2, -0.15) is 9.97 Å². The number of phenolic OH excluding ortho intramolecular Hbond substituents is 1. The molecule has 4 aliphatic rings. The number of benzene rings is 3. The van der Waals surface area contributed by atoms with E-state index in [0.717, 1.165) is 62.4 Å². The number of aromatic nitrogens is 4. The number of aryl methyl sites for hydroxylation is 1. The van der Waals surface area contributed by atoms with E-state index in [2.05, 4.69) is 20.0 Å². The van der Waals surface area contributed by atoms with Crippen LogP contribution in [0.5, 0.6) is 11.8 Å². The van der Waals surface area contributed by atoms with E-state index in [4.69, 9.17) is 14.7 Å². The van der Waals surface area contributed by atoms with Gasteiger partial charge in [-0.05, 0) is 93.1 Å². The van der Waals surface area contributed by atoms with Gasteiger partial charge in [0.1, 0.15) is 23.7 Å². The van der Waals surface area contributed by atoms with Crippen molar-refractivity contribution in [3.8, 4) is 22.9 Å². The number of aromatic hydroxyl groups is 1. The number of phenols is 1. The molecule has 4 fully saturated rings. The van der Waals surface area contributed by atoms with Gasteiger partial charge in [0, 0.05) is 47.4 Å². The number of halogens is 1. The number of piperazine rings is 1. The number of H-pyrrole nitrogens is 2. The highest BCUT2D eigenvalue weighted by Gasteiger charge is 2.46. The lowest BCUT2D eigenvalue weighted by atomic mass is 9.95. The van der Waals surface area contributed by atoms with Crippen LogP contribution in [0.3, 0.4) is 0 Å². The maximum absolute atomic E-state index is 16.9. The molecule has 0 aliphatic carbocycles. The van der Waals surface area contributed by atoms with Crippen molar-refractivity contribution in [2.45, 2.75) is 69.5 Å². The molecule has 5 aromatic rings. The third-order valence-electron chi connectivity index (χ3n) is 11.7. The van der Waals surface area contributed by atoms with Crippen molar-refractivity contribution in [3.05, 3.63) is 76.0 Å². The summed E-state index contributed by atoms with van der Waals surface area (Å²) in [5.74, 6) is 0.0806. The van der Waals surface area contributed by atoms with E-state index in [-0.39, 0.29) is 52.8 Å². The number of amides is 1. The molecule has 2 bridgehead atoms. The second-order valence-corrected chi connectivity index (χ2v) is 14.5. The van der Waals surface area contributed by atoms with Gasteiger partial charge < -0.3 is 24.7 Å². The van der Waals surface area contributed by atoms with Gasteiger partial charge in [-0.1, -0.05) is 30.3 Å². The highest BCUT2D eigenvalue weighted by Crippen LogP contribution is 2.42. The maximum atomic E-state index is 16.9. The highest BCUT2D eigenvalue weighted by atomic mass is 19.1. The fourth-order valence-corrected chi connectivity index (χ4v) is 9.23. The Kier molecular flexibility index (Phi) is 7.34. The van der Waals surface area contributed by atoms with Crippen LogP contribution in [0.15, 0.2) is 53.3 Å². The van der Waals surface area contributed by atoms with E-state index in [1.165, 1.54) is 0 Å². The number of nitrogens with one attached hydrogen (secondary N) is 2. The molecular weight excluding hydrogens is 637 g/mol. The Morgan fingerprint density at radius 3 is 2.50 bits per heavy atom. The lowest BCUT2D eigenvalue weighted by Gasteiger charge is -2.42. The molecule has 2 aromatic heterocycles. The molecule has 4 saturated heterocycles. The molecule has 258 valence electrons. The summed E-state index contributed by atoms with van der Waals surface area (Å²) in [4.78, 5) is 42.2. The molecule has 4 aliphatic heterocycles.